The van der Waals surface area contributed by atoms with Crippen molar-refractivity contribution in [2.24, 2.45) is 0 Å². The van der Waals surface area contributed by atoms with Crippen LogP contribution in [0.15, 0.2) is 17.5 Å². The molecule has 0 bridgehead atoms. The van der Waals surface area contributed by atoms with Crippen LogP contribution >= 0.6 is 11.3 Å². The minimum Gasteiger partial charge on any atom is -0.335 e. The molecular weight excluding hydrogens is 376 g/mol. The molecule has 7 nitrogen and oxygen atoms in total. The van der Waals surface area contributed by atoms with E-state index in [1.165, 1.54) is 4.88 Å². The van der Waals surface area contributed by atoms with Gasteiger partial charge in [0.2, 0.25) is 0 Å². The number of urea groups is 2. The van der Waals surface area contributed by atoms with Gasteiger partial charge in [-0.05, 0) is 37.1 Å². The van der Waals surface area contributed by atoms with Crippen LogP contribution in [0.2, 0.25) is 0 Å². The van der Waals surface area contributed by atoms with Crippen molar-refractivity contribution in [2.45, 2.75) is 57.2 Å². The Balaban J connectivity index is 1.40. The number of rotatable bonds is 4. The SMILES string of the molecule is CCC(Cc1cccs1)NC(=O)N1CC[C@@H]2[C@H]1C(=O)CN2C(=O)N1CCCC1. The number of carbonyl (C=O) groups excluding carboxylic acids is 3. The Labute approximate surface area is 169 Å². The van der Waals surface area contributed by atoms with E-state index in [2.05, 4.69) is 18.3 Å². The summed E-state index contributed by atoms with van der Waals surface area (Å²) in [7, 11) is 0. The van der Waals surface area contributed by atoms with Crippen LogP contribution in [0.5, 0.6) is 0 Å². The van der Waals surface area contributed by atoms with E-state index in [1.54, 1.807) is 21.1 Å². The molecule has 0 spiro atoms. The van der Waals surface area contributed by atoms with Crippen molar-refractivity contribution in [3.8, 4) is 0 Å². The standard InChI is InChI=1S/C20H28N4O3S/c1-2-14(12-15-6-5-11-28-15)21-19(26)23-10-7-16-18(23)17(25)13-24(16)20(27)22-8-3-4-9-22/h5-6,11,14,16,18H,2-4,7-10,12-13H2,1H3,(H,21,26)/t14?,16-,18+/m1/s1. The molecule has 1 aromatic heterocycles. The third kappa shape index (κ3) is 3.62. The van der Waals surface area contributed by atoms with Gasteiger partial charge < -0.3 is 20.0 Å². The zero-order chi connectivity index (χ0) is 19.7. The Kier molecular flexibility index (Phi) is 5.57. The molecule has 3 aliphatic heterocycles. The van der Waals surface area contributed by atoms with Crippen molar-refractivity contribution in [1.82, 2.24) is 20.0 Å². The molecule has 0 radical (unpaired) electrons. The molecule has 4 amide bonds. The van der Waals surface area contributed by atoms with E-state index < -0.39 is 6.04 Å². The number of likely N-dealkylation sites (tertiary alicyclic amines) is 3. The molecule has 1 unspecified atom stereocenters. The molecular formula is C20H28N4O3S. The lowest BCUT2D eigenvalue weighted by molar-refractivity contribution is -0.119. The van der Waals surface area contributed by atoms with Gasteiger partial charge in [0.1, 0.15) is 6.04 Å². The summed E-state index contributed by atoms with van der Waals surface area (Å²) in [5.41, 5.74) is 0. The Hall–Kier alpha value is -2.09. The van der Waals surface area contributed by atoms with E-state index in [4.69, 9.17) is 0 Å². The van der Waals surface area contributed by atoms with Gasteiger partial charge in [0.25, 0.3) is 0 Å². The molecule has 0 aliphatic carbocycles. The van der Waals surface area contributed by atoms with E-state index in [-0.39, 0.29) is 36.5 Å². The minimum atomic E-state index is -0.495. The van der Waals surface area contributed by atoms with Gasteiger partial charge in [-0.2, -0.15) is 0 Å². The third-order valence-electron chi connectivity index (χ3n) is 6.15. The number of nitrogens with one attached hydrogen (secondary N) is 1. The van der Waals surface area contributed by atoms with Gasteiger partial charge in [-0.1, -0.05) is 13.0 Å². The highest BCUT2D eigenvalue weighted by Gasteiger charge is 2.52. The van der Waals surface area contributed by atoms with Gasteiger partial charge >= 0.3 is 12.1 Å². The molecule has 152 valence electrons. The van der Waals surface area contributed by atoms with Crippen molar-refractivity contribution < 1.29 is 14.4 Å². The van der Waals surface area contributed by atoms with Crippen molar-refractivity contribution in [1.29, 1.82) is 0 Å². The normalized spacial score (nSPS) is 25.3. The summed E-state index contributed by atoms with van der Waals surface area (Å²) in [4.78, 5) is 44.8. The van der Waals surface area contributed by atoms with Crippen LogP contribution in [-0.4, -0.2) is 76.8 Å². The number of amides is 4. The van der Waals surface area contributed by atoms with Crippen LogP contribution in [0, 0.1) is 0 Å². The lowest BCUT2D eigenvalue weighted by Gasteiger charge is -2.28. The van der Waals surface area contributed by atoms with Gasteiger partial charge in [0.05, 0.1) is 12.6 Å². The quantitative estimate of drug-likeness (QED) is 0.837. The predicted molar refractivity (Wildman–Crippen MR) is 107 cm³/mol. The number of nitrogens with zero attached hydrogens (tertiary/aromatic N) is 3. The highest BCUT2D eigenvalue weighted by atomic mass is 32.1. The Morgan fingerprint density at radius 2 is 2.04 bits per heavy atom. The maximum atomic E-state index is 12.9. The number of fused-ring (bicyclic) bond motifs is 1. The number of ketones is 1. The van der Waals surface area contributed by atoms with E-state index >= 15 is 0 Å². The minimum absolute atomic E-state index is 0.0171. The van der Waals surface area contributed by atoms with Crippen LogP contribution in [-0.2, 0) is 11.2 Å². The average molecular weight is 405 g/mol. The number of Topliss-reactive ketones (excluding diaryl/α,β-unsaturated/α-hetero) is 1. The first-order chi connectivity index (χ1) is 13.6. The summed E-state index contributed by atoms with van der Waals surface area (Å²) < 4.78 is 0. The summed E-state index contributed by atoms with van der Waals surface area (Å²) in [6, 6.07) is 3.25. The number of hydrogen-bond acceptors (Lipinski definition) is 4. The highest BCUT2D eigenvalue weighted by Crippen LogP contribution is 2.31. The van der Waals surface area contributed by atoms with Gasteiger partial charge in [0, 0.05) is 37.0 Å². The van der Waals surface area contributed by atoms with Crippen molar-refractivity contribution in [3.63, 3.8) is 0 Å². The zero-order valence-electron chi connectivity index (χ0n) is 16.3. The van der Waals surface area contributed by atoms with E-state index in [1.807, 2.05) is 16.3 Å². The molecule has 3 saturated heterocycles. The number of hydrogen-bond donors (Lipinski definition) is 1. The second kappa shape index (κ2) is 8.11. The Morgan fingerprint density at radius 1 is 1.25 bits per heavy atom. The molecule has 4 rings (SSSR count). The summed E-state index contributed by atoms with van der Waals surface area (Å²) in [6.07, 6.45) is 4.36. The van der Waals surface area contributed by atoms with Crippen molar-refractivity contribution in [3.05, 3.63) is 22.4 Å². The molecule has 0 aromatic carbocycles. The largest absolute Gasteiger partial charge is 0.335 e. The van der Waals surface area contributed by atoms with E-state index in [0.717, 1.165) is 38.8 Å². The van der Waals surface area contributed by atoms with Crippen LogP contribution < -0.4 is 5.32 Å². The van der Waals surface area contributed by atoms with Gasteiger partial charge in [-0.25, -0.2) is 9.59 Å². The fraction of sp³-hybridized carbons (Fsp3) is 0.650. The molecule has 3 aliphatic rings. The summed E-state index contributed by atoms with van der Waals surface area (Å²) >= 11 is 1.69. The molecule has 3 atom stereocenters. The predicted octanol–water partition coefficient (Wildman–Crippen LogP) is 2.32. The third-order valence-corrected chi connectivity index (χ3v) is 7.05. The fourth-order valence-corrected chi connectivity index (χ4v) is 5.41. The maximum absolute atomic E-state index is 12.9. The fourth-order valence-electron chi connectivity index (χ4n) is 4.62. The monoisotopic (exact) mass is 404 g/mol. The lowest BCUT2D eigenvalue weighted by atomic mass is 10.1. The first-order valence-corrected chi connectivity index (χ1v) is 11.1. The highest BCUT2D eigenvalue weighted by molar-refractivity contribution is 7.09. The Bertz CT molecular complexity index is 732. The van der Waals surface area contributed by atoms with E-state index in [0.29, 0.717) is 13.0 Å². The van der Waals surface area contributed by atoms with Gasteiger partial charge in [-0.15, -0.1) is 11.3 Å². The van der Waals surface area contributed by atoms with Crippen molar-refractivity contribution in [2.75, 3.05) is 26.2 Å². The summed E-state index contributed by atoms with van der Waals surface area (Å²) in [6.45, 7) is 4.24. The second-order valence-electron chi connectivity index (χ2n) is 7.90. The van der Waals surface area contributed by atoms with Gasteiger partial charge in [-0.3, -0.25) is 4.79 Å². The Morgan fingerprint density at radius 3 is 2.71 bits per heavy atom. The zero-order valence-corrected chi connectivity index (χ0v) is 17.1. The van der Waals surface area contributed by atoms with Crippen LogP contribution in [0.3, 0.4) is 0 Å². The maximum Gasteiger partial charge on any atom is 0.320 e. The first-order valence-electron chi connectivity index (χ1n) is 10.3. The van der Waals surface area contributed by atoms with Crippen LogP contribution in [0.4, 0.5) is 9.59 Å². The van der Waals surface area contributed by atoms with Crippen molar-refractivity contribution >= 4 is 29.2 Å². The average Bonchev–Trinajstić information content (AvgIpc) is 3.46. The topological polar surface area (TPSA) is 73.0 Å². The molecule has 1 N–H and O–H groups in total. The number of thiophene rings is 1. The molecule has 1 aromatic rings. The smallest absolute Gasteiger partial charge is 0.320 e. The van der Waals surface area contributed by atoms with Crippen LogP contribution in [0.25, 0.3) is 0 Å². The molecule has 28 heavy (non-hydrogen) atoms. The molecule has 4 heterocycles. The molecule has 8 heteroatoms. The van der Waals surface area contributed by atoms with E-state index in [9.17, 15) is 14.4 Å². The molecule has 3 fully saturated rings. The lowest BCUT2D eigenvalue weighted by Crippen LogP contribution is -2.51. The summed E-state index contributed by atoms with van der Waals surface area (Å²) in [5, 5.41) is 5.15. The second-order valence-corrected chi connectivity index (χ2v) is 8.94. The molecule has 0 saturated carbocycles. The first kappa shape index (κ1) is 19.2. The van der Waals surface area contributed by atoms with Gasteiger partial charge in [0.15, 0.2) is 5.78 Å². The summed E-state index contributed by atoms with van der Waals surface area (Å²) in [5.74, 6) is -0.0171. The number of carbonyl (C=O) groups is 3. The van der Waals surface area contributed by atoms with Crippen LogP contribution in [0.1, 0.15) is 37.5 Å².